The zero-order valence-electron chi connectivity index (χ0n) is 15.9. The molecule has 1 aromatic heterocycles. The molecule has 1 fully saturated rings. The summed E-state index contributed by atoms with van der Waals surface area (Å²) < 4.78 is 17.7. The van der Waals surface area contributed by atoms with Gasteiger partial charge in [-0.25, -0.2) is 9.18 Å². The molecule has 1 saturated heterocycles. The second kappa shape index (κ2) is 9.18. The van der Waals surface area contributed by atoms with Crippen LogP contribution in [0.5, 0.6) is 0 Å². The summed E-state index contributed by atoms with van der Waals surface area (Å²) in [5, 5.41) is 11.3. The van der Waals surface area contributed by atoms with Crippen molar-refractivity contribution >= 4 is 29.4 Å². The van der Waals surface area contributed by atoms with E-state index in [0.29, 0.717) is 43.9 Å². The Bertz CT molecular complexity index is 875. The number of benzene rings is 1. The summed E-state index contributed by atoms with van der Waals surface area (Å²) in [6, 6.07) is 6.83. The lowest BCUT2D eigenvalue weighted by Gasteiger charge is -2.32. The van der Waals surface area contributed by atoms with Crippen LogP contribution in [0.15, 0.2) is 34.9 Å². The molecule has 2 heterocycles. The third-order valence-corrected chi connectivity index (χ3v) is 4.62. The Balaban J connectivity index is 1.38. The van der Waals surface area contributed by atoms with Crippen molar-refractivity contribution in [3.8, 4) is 0 Å². The molecular formula is C19H22FN5O4. The van der Waals surface area contributed by atoms with Gasteiger partial charge in [0.2, 0.25) is 0 Å². The predicted molar refractivity (Wildman–Crippen MR) is 103 cm³/mol. The number of nitrogens with zero attached hydrogens (tertiary/aromatic N) is 2. The number of urea groups is 1. The number of carbonyl (C=O) groups is 3. The van der Waals surface area contributed by atoms with Gasteiger partial charge in [-0.05, 0) is 49.9 Å². The minimum atomic E-state index is -0.811. The smallest absolute Gasteiger partial charge is 0.321 e. The molecule has 3 rings (SSSR count). The van der Waals surface area contributed by atoms with Gasteiger partial charge in [-0.1, -0.05) is 5.16 Å². The fraction of sp³-hybridized carbons (Fsp3) is 0.368. The summed E-state index contributed by atoms with van der Waals surface area (Å²) in [5.41, 5.74) is 0.527. The molecule has 29 heavy (non-hydrogen) atoms. The van der Waals surface area contributed by atoms with Crippen molar-refractivity contribution in [3.05, 3.63) is 41.9 Å². The summed E-state index contributed by atoms with van der Waals surface area (Å²) >= 11 is 0. The minimum Gasteiger partial charge on any atom is -0.360 e. The van der Waals surface area contributed by atoms with E-state index in [1.807, 2.05) is 0 Å². The van der Waals surface area contributed by atoms with Crippen molar-refractivity contribution in [1.82, 2.24) is 15.4 Å². The van der Waals surface area contributed by atoms with E-state index in [4.69, 9.17) is 4.52 Å². The number of hydrogen-bond donors (Lipinski definition) is 3. The summed E-state index contributed by atoms with van der Waals surface area (Å²) in [5.74, 6) is -1.05. The Morgan fingerprint density at radius 3 is 2.45 bits per heavy atom. The first kappa shape index (κ1) is 20.3. The van der Waals surface area contributed by atoms with E-state index >= 15 is 0 Å². The van der Waals surface area contributed by atoms with Gasteiger partial charge >= 0.3 is 17.8 Å². The molecule has 154 valence electrons. The molecule has 2 aromatic rings. The van der Waals surface area contributed by atoms with Crippen LogP contribution >= 0.6 is 0 Å². The third kappa shape index (κ3) is 5.77. The Morgan fingerprint density at radius 2 is 1.83 bits per heavy atom. The molecule has 10 heteroatoms. The molecule has 0 bridgehead atoms. The predicted octanol–water partition coefficient (Wildman–Crippen LogP) is 2.12. The van der Waals surface area contributed by atoms with Gasteiger partial charge in [0.15, 0.2) is 5.82 Å². The molecule has 1 aromatic carbocycles. The van der Waals surface area contributed by atoms with Gasteiger partial charge in [0.1, 0.15) is 11.6 Å². The topological polar surface area (TPSA) is 117 Å². The lowest BCUT2D eigenvalue weighted by Crippen LogP contribution is -2.44. The molecule has 0 unspecified atom stereocenters. The quantitative estimate of drug-likeness (QED) is 0.676. The highest BCUT2D eigenvalue weighted by Gasteiger charge is 2.24. The maximum atomic E-state index is 12.9. The van der Waals surface area contributed by atoms with Crippen LogP contribution in [-0.2, 0) is 9.59 Å². The molecule has 0 radical (unpaired) electrons. The maximum absolute atomic E-state index is 12.9. The molecule has 4 amide bonds. The Kier molecular flexibility index (Phi) is 6.43. The number of nitrogens with one attached hydrogen (secondary N) is 3. The van der Waals surface area contributed by atoms with Gasteiger partial charge < -0.3 is 20.1 Å². The van der Waals surface area contributed by atoms with Crippen LogP contribution in [0.25, 0.3) is 0 Å². The monoisotopic (exact) mass is 403 g/mol. The lowest BCUT2D eigenvalue weighted by atomic mass is 9.97. The van der Waals surface area contributed by atoms with Crippen LogP contribution < -0.4 is 16.0 Å². The summed E-state index contributed by atoms with van der Waals surface area (Å²) in [7, 11) is 0. The standard InChI is InChI=1S/C19H22FN5O4/c1-12-10-16(24-29-12)23-18(27)17(26)21-11-13-6-8-25(9-7-13)19(28)22-15-4-2-14(20)3-5-15/h2-5,10,13H,6-9,11H2,1H3,(H,21,26)(H,22,28)(H,23,24,27). The summed E-state index contributed by atoms with van der Waals surface area (Å²) in [6.45, 7) is 3.07. The number of anilines is 2. The van der Waals surface area contributed by atoms with Crippen LogP contribution in [-0.4, -0.2) is 47.5 Å². The van der Waals surface area contributed by atoms with E-state index in [2.05, 4.69) is 21.1 Å². The number of piperidine rings is 1. The number of amides is 4. The van der Waals surface area contributed by atoms with Gasteiger partial charge in [-0.2, -0.15) is 0 Å². The summed E-state index contributed by atoms with van der Waals surface area (Å²) in [6.07, 6.45) is 1.39. The second-order valence-corrected chi connectivity index (χ2v) is 6.85. The van der Waals surface area contributed by atoms with Gasteiger partial charge in [0, 0.05) is 31.4 Å². The Morgan fingerprint density at radius 1 is 1.14 bits per heavy atom. The number of aromatic nitrogens is 1. The van der Waals surface area contributed by atoms with Crippen LogP contribution in [0.4, 0.5) is 20.7 Å². The molecule has 0 saturated carbocycles. The maximum Gasteiger partial charge on any atom is 0.321 e. The van der Waals surface area contributed by atoms with Crippen LogP contribution in [0, 0.1) is 18.7 Å². The second-order valence-electron chi connectivity index (χ2n) is 6.85. The van der Waals surface area contributed by atoms with E-state index in [9.17, 15) is 18.8 Å². The van der Waals surface area contributed by atoms with Gasteiger partial charge in [0.05, 0.1) is 0 Å². The largest absolute Gasteiger partial charge is 0.360 e. The van der Waals surface area contributed by atoms with Crippen molar-refractivity contribution in [3.63, 3.8) is 0 Å². The first-order chi connectivity index (χ1) is 13.9. The molecule has 1 aliphatic rings. The number of aryl methyl sites for hydroxylation is 1. The molecule has 0 atom stereocenters. The highest BCUT2D eigenvalue weighted by molar-refractivity contribution is 6.39. The van der Waals surface area contributed by atoms with E-state index in [-0.39, 0.29) is 23.6 Å². The average Bonchev–Trinajstić information content (AvgIpc) is 3.12. The van der Waals surface area contributed by atoms with Crippen LogP contribution in [0.3, 0.4) is 0 Å². The third-order valence-electron chi connectivity index (χ3n) is 4.62. The van der Waals surface area contributed by atoms with E-state index in [0.717, 1.165) is 0 Å². The fourth-order valence-corrected chi connectivity index (χ4v) is 2.99. The van der Waals surface area contributed by atoms with Crippen molar-refractivity contribution in [1.29, 1.82) is 0 Å². The van der Waals surface area contributed by atoms with Crippen molar-refractivity contribution in [2.45, 2.75) is 19.8 Å². The Hall–Kier alpha value is -3.43. The normalized spacial score (nSPS) is 14.3. The molecule has 3 N–H and O–H groups in total. The van der Waals surface area contributed by atoms with Crippen LogP contribution in [0.1, 0.15) is 18.6 Å². The van der Waals surface area contributed by atoms with E-state index in [1.54, 1.807) is 11.8 Å². The van der Waals surface area contributed by atoms with Crippen molar-refractivity contribution in [2.75, 3.05) is 30.3 Å². The number of carbonyl (C=O) groups excluding carboxylic acids is 3. The van der Waals surface area contributed by atoms with Gasteiger partial charge in [0.25, 0.3) is 0 Å². The molecule has 0 aliphatic carbocycles. The highest BCUT2D eigenvalue weighted by atomic mass is 19.1. The Labute approximate surface area is 166 Å². The minimum absolute atomic E-state index is 0.163. The first-order valence-electron chi connectivity index (χ1n) is 9.24. The zero-order valence-corrected chi connectivity index (χ0v) is 15.9. The molecule has 1 aliphatic heterocycles. The van der Waals surface area contributed by atoms with Gasteiger partial charge in [-0.15, -0.1) is 0 Å². The SMILES string of the molecule is Cc1cc(NC(=O)C(=O)NCC2CCN(C(=O)Nc3ccc(F)cc3)CC2)no1. The van der Waals surface area contributed by atoms with E-state index < -0.39 is 11.8 Å². The number of rotatable bonds is 4. The van der Waals surface area contributed by atoms with Crippen molar-refractivity contribution < 1.29 is 23.3 Å². The number of hydrogen-bond acceptors (Lipinski definition) is 5. The number of halogens is 1. The zero-order chi connectivity index (χ0) is 20.8. The van der Waals surface area contributed by atoms with Crippen molar-refractivity contribution in [2.24, 2.45) is 5.92 Å². The molecule has 9 nitrogen and oxygen atoms in total. The lowest BCUT2D eigenvalue weighted by molar-refractivity contribution is -0.136. The van der Waals surface area contributed by atoms with Gasteiger partial charge in [-0.3, -0.25) is 14.9 Å². The fourth-order valence-electron chi connectivity index (χ4n) is 2.99. The average molecular weight is 403 g/mol. The molecular weight excluding hydrogens is 381 g/mol. The molecule has 0 spiro atoms. The van der Waals surface area contributed by atoms with Crippen LogP contribution in [0.2, 0.25) is 0 Å². The highest BCUT2D eigenvalue weighted by Crippen LogP contribution is 2.18. The van der Waals surface area contributed by atoms with E-state index in [1.165, 1.54) is 30.3 Å². The summed E-state index contributed by atoms with van der Waals surface area (Å²) in [4.78, 5) is 37.7. The number of likely N-dealkylation sites (tertiary alicyclic amines) is 1. The first-order valence-corrected chi connectivity index (χ1v) is 9.24.